The minimum Gasteiger partial charge on any atom is -0.392 e. The molecule has 9 rings (SSSR count). The largest absolute Gasteiger partial charge is 0.392 e. The van der Waals surface area contributed by atoms with Crippen LogP contribution in [-0.4, -0.2) is 86.5 Å². The van der Waals surface area contributed by atoms with Crippen LogP contribution in [0.15, 0.2) is 0 Å². The highest BCUT2D eigenvalue weighted by atomic mass is 16.6. The Morgan fingerprint density at radius 3 is 1.64 bits per heavy atom. The number of rotatable bonds is 0. The lowest BCUT2D eigenvalue weighted by Gasteiger charge is -2.58. The first-order chi connectivity index (χ1) is 19.2. The molecule has 17 atom stereocenters. The van der Waals surface area contributed by atoms with E-state index >= 15 is 0 Å². The van der Waals surface area contributed by atoms with E-state index in [0.717, 1.165) is 77.8 Å². The van der Waals surface area contributed by atoms with Gasteiger partial charge in [0.2, 0.25) is 0 Å². The highest BCUT2D eigenvalue weighted by Crippen LogP contribution is 2.55. The monoisotopic (exact) mass is 544 g/mol. The Morgan fingerprint density at radius 2 is 0.846 bits per heavy atom. The molecular formula is C32H48O7. The molecule has 0 amide bonds. The van der Waals surface area contributed by atoms with E-state index in [9.17, 15) is 5.11 Å². The average molecular weight is 545 g/mol. The summed E-state index contributed by atoms with van der Waals surface area (Å²) in [6, 6.07) is 0. The van der Waals surface area contributed by atoms with E-state index in [4.69, 9.17) is 28.4 Å². The fourth-order valence-electron chi connectivity index (χ4n) is 11.2. The minimum absolute atomic E-state index is 0.170. The lowest BCUT2D eigenvalue weighted by atomic mass is 9.57. The number of hydrogen-bond donors (Lipinski definition) is 1. The second-order valence-electron chi connectivity index (χ2n) is 15.1. The summed E-state index contributed by atoms with van der Waals surface area (Å²) in [7, 11) is 0. The van der Waals surface area contributed by atoms with Crippen LogP contribution < -0.4 is 0 Å². The second kappa shape index (κ2) is 9.89. The van der Waals surface area contributed by atoms with Gasteiger partial charge in [0.15, 0.2) is 0 Å². The van der Waals surface area contributed by atoms with E-state index in [2.05, 4.69) is 0 Å². The molecule has 1 N–H and O–H groups in total. The van der Waals surface area contributed by atoms with Crippen LogP contribution in [0.2, 0.25) is 0 Å². The number of ether oxygens (including phenoxy) is 6. The van der Waals surface area contributed by atoms with Crippen LogP contribution >= 0.6 is 0 Å². The third kappa shape index (κ3) is 4.31. The molecular weight excluding hydrogens is 496 g/mol. The van der Waals surface area contributed by atoms with Crippen LogP contribution in [0.3, 0.4) is 0 Å². The Morgan fingerprint density at radius 1 is 0.385 bits per heavy atom. The van der Waals surface area contributed by atoms with Gasteiger partial charge in [0.25, 0.3) is 0 Å². The Labute approximate surface area is 232 Å². The van der Waals surface area contributed by atoms with Crippen LogP contribution in [0.4, 0.5) is 0 Å². The van der Waals surface area contributed by atoms with Crippen molar-refractivity contribution in [2.24, 2.45) is 47.3 Å². The van der Waals surface area contributed by atoms with Crippen LogP contribution in [0.5, 0.6) is 0 Å². The normalized spacial score (nSPS) is 60.1. The Kier molecular flexibility index (Phi) is 6.40. The van der Waals surface area contributed by atoms with Crippen LogP contribution in [0.25, 0.3) is 0 Å². The summed E-state index contributed by atoms with van der Waals surface area (Å²) in [4.78, 5) is 0. The summed E-state index contributed by atoms with van der Waals surface area (Å²) < 4.78 is 38.6. The predicted octanol–water partition coefficient (Wildman–Crippen LogP) is 3.74. The number of hydrogen-bond acceptors (Lipinski definition) is 7. The highest BCUT2D eigenvalue weighted by molar-refractivity contribution is 5.05. The van der Waals surface area contributed by atoms with Crippen molar-refractivity contribution in [1.82, 2.24) is 0 Å². The van der Waals surface area contributed by atoms with Crippen molar-refractivity contribution in [3.8, 4) is 0 Å². The first-order valence-electron chi connectivity index (χ1n) is 16.6. The van der Waals surface area contributed by atoms with E-state index < -0.39 is 0 Å². The molecule has 3 saturated carbocycles. The summed E-state index contributed by atoms with van der Waals surface area (Å²) in [6.07, 6.45) is 14.2. The zero-order valence-corrected chi connectivity index (χ0v) is 23.3. The maximum Gasteiger partial charge on any atom is 0.0845 e. The Bertz CT molecular complexity index is 845. The van der Waals surface area contributed by atoms with Crippen LogP contribution in [-0.2, 0) is 28.4 Å². The van der Waals surface area contributed by atoms with Crippen molar-refractivity contribution in [3.63, 3.8) is 0 Å². The van der Waals surface area contributed by atoms with Crippen LogP contribution in [0.1, 0.15) is 70.6 Å². The maximum atomic E-state index is 11.8. The molecule has 17 unspecified atom stereocenters. The number of aliphatic hydroxyl groups is 1. The molecule has 0 radical (unpaired) electrons. The quantitative estimate of drug-likeness (QED) is 0.498. The molecule has 7 nitrogen and oxygen atoms in total. The van der Waals surface area contributed by atoms with Crippen molar-refractivity contribution in [2.45, 2.75) is 126 Å². The van der Waals surface area contributed by atoms with Gasteiger partial charge in [-0.25, -0.2) is 0 Å². The van der Waals surface area contributed by atoms with Gasteiger partial charge in [0.1, 0.15) is 0 Å². The van der Waals surface area contributed by atoms with Gasteiger partial charge in [-0.2, -0.15) is 0 Å². The molecule has 7 heteroatoms. The van der Waals surface area contributed by atoms with Crippen molar-refractivity contribution in [2.75, 3.05) is 26.4 Å². The van der Waals surface area contributed by atoms with E-state index in [-0.39, 0.29) is 48.5 Å². The molecule has 0 bridgehead atoms. The third-order valence-corrected chi connectivity index (χ3v) is 13.1. The van der Waals surface area contributed by atoms with Gasteiger partial charge in [-0.1, -0.05) is 0 Å². The molecule has 9 fully saturated rings. The SMILES string of the molecule is OC1C2CC3CC4CC5COCCC5OC4CC3CC2OC2CC3CC4OC5CCOCC5CC4OC3CC21. The van der Waals surface area contributed by atoms with Gasteiger partial charge in [0.05, 0.1) is 68.1 Å². The summed E-state index contributed by atoms with van der Waals surface area (Å²) >= 11 is 0. The molecule has 218 valence electrons. The zero-order chi connectivity index (χ0) is 25.7. The molecule has 0 aromatic rings. The van der Waals surface area contributed by atoms with Crippen molar-refractivity contribution in [3.05, 3.63) is 0 Å². The summed E-state index contributed by atoms with van der Waals surface area (Å²) in [6.45, 7) is 3.39. The van der Waals surface area contributed by atoms with Crippen molar-refractivity contribution >= 4 is 0 Å². The first kappa shape index (κ1) is 25.2. The maximum absolute atomic E-state index is 11.8. The van der Waals surface area contributed by atoms with Gasteiger partial charge in [-0.05, 0) is 94.3 Å². The van der Waals surface area contributed by atoms with Crippen LogP contribution in [0, 0.1) is 47.3 Å². The fourth-order valence-corrected chi connectivity index (χ4v) is 11.2. The Hall–Kier alpha value is -0.280. The second-order valence-corrected chi connectivity index (χ2v) is 15.1. The molecule has 6 aliphatic heterocycles. The molecule has 0 spiro atoms. The van der Waals surface area contributed by atoms with E-state index in [1.807, 2.05) is 0 Å². The standard InChI is InChI=1S/C32H48O7/c33-32-22-7-16-5-18-6-20-14-34-3-1-24(20)36-26(18)8-17(16)9-28(22)39-29-10-19-11-30-31(38-27(19)13-23(29)32)12-21-15-35-4-2-25(21)37-30/h16-33H,1-15H2. The predicted molar refractivity (Wildman–Crippen MR) is 141 cm³/mol. The molecule has 0 aromatic heterocycles. The summed E-state index contributed by atoms with van der Waals surface area (Å²) in [5, 5.41) is 11.8. The first-order valence-corrected chi connectivity index (χ1v) is 16.6. The fraction of sp³-hybridized carbons (Fsp3) is 1.00. The van der Waals surface area contributed by atoms with E-state index in [1.165, 1.54) is 19.3 Å². The Balaban J connectivity index is 0.876. The minimum atomic E-state index is -0.257. The molecule has 0 aromatic carbocycles. The summed E-state index contributed by atoms with van der Waals surface area (Å²) in [5.74, 6) is 4.12. The smallest absolute Gasteiger partial charge is 0.0845 e. The highest BCUT2D eigenvalue weighted by Gasteiger charge is 2.57. The van der Waals surface area contributed by atoms with Gasteiger partial charge in [0, 0.05) is 36.9 Å². The molecule has 6 heterocycles. The zero-order valence-electron chi connectivity index (χ0n) is 23.3. The molecule has 39 heavy (non-hydrogen) atoms. The van der Waals surface area contributed by atoms with Crippen molar-refractivity contribution < 1.29 is 33.5 Å². The number of aliphatic hydroxyl groups excluding tert-OH is 1. The molecule has 9 aliphatic rings. The molecule has 3 aliphatic carbocycles. The average Bonchev–Trinajstić information content (AvgIpc) is 2.95. The van der Waals surface area contributed by atoms with Crippen molar-refractivity contribution in [1.29, 1.82) is 0 Å². The lowest BCUT2D eigenvalue weighted by Crippen LogP contribution is -2.62. The third-order valence-electron chi connectivity index (χ3n) is 13.1. The van der Waals surface area contributed by atoms with E-state index in [1.54, 1.807) is 0 Å². The van der Waals surface area contributed by atoms with E-state index in [0.29, 0.717) is 53.8 Å². The topological polar surface area (TPSA) is 75.6 Å². The van der Waals surface area contributed by atoms with Gasteiger partial charge < -0.3 is 33.5 Å². The lowest BCUT2D eigenvalue weighted by molar-refractivity contribution is -0.274. The number of fused-ring (bicyclic) bond motifs is 8. The van der Waals surface area contributed by atoms with Gasteiger partial charge in [-0.3, -0.25) is 0 Å². The summed E-state index contributed by atoms with van der Waals surface area (Å²) in [5.41, 5.74) is 0. The molecule has 6 saturated heterocycles. The van der Waals surface area contributed by atoms with Gasteiger partial charge >= 0.3 is 0 Å². The van der Waals surface area contributed by atoms with Gasteiger partial charge in [-0.15, -0.1) is 0 Å².